The van der Waals surface area contributed by atoms with Gasteiger partial charge < -0.3 is 18.8 Å². The lowest BCUT2D eigenvalue weighted by molar-refractivity contribution is 0.0513. The molecule has 5 aromatic rings. The van der Waals surface area contributed by atoms with Crippen LogP contribution < -0.4 is 4.74 Å². The Kier molecular flexibility index (Phi) is 7.80. The van der Waals surface area contributed by atoms with Gasteiger partial charge in [0, 0.05) is 41.2 Å². The number of esters is 1. The summed E-state index contributed by atoms with van der Waals surface area (Å²) in [5.41, 5.74) is 4.54. The molecule has 7 nitrogen and oxygen atoms in total. The van der Waals surface area contributed by atoms with Crippen LogP contribution in [0.4, 0.5) is 4.39 Å². The number of halogens is 1. The second-order valence-electron chi connectivity index (χ2n) is 10.4. The average Bonchev–Trinajstić information content (AvgIpc) is 3.44. The van der Waals surface area contributed by atoms with Crippen LogP contribution in [0.25, 0.3) is 32.8 Å². The maximum Gasteiger partial charge on any atom is 0.355 e. The Morgan fingerprint density at radius 2 is 1.88 bits per heavy atom. The zero-order chi connectivity index (χ0) is 29.2. The standard InChI is InChI=1S/C34H34FN3O4/c1-4-41-34(39)33-25(14-10-20-42-29-15-9-12-23-11-5-6-13-24(23)29)26-16-17-27(35)31-30-22(2)37(3)36-28(30)21-40-19-8-7-18-38(33)32(26)31/h5-9,11-13,15-17H,4,10,14,18-21H2,1-3H3/b8-7-. The minimum Gasteiger partial charge on any atom is -0.493 e. The molecule has 0 unspecified atom stereocenters. The van der Waals surface area contributed by atoms with Gasteiger partial charge in [-0.25, -0.2) is 9.18 Å². The van der Waals surface area contributed by atoms with Crippen LogP contribution in [0.5, 0.6) is 5.75 Å². The lowest BCUT2D eigenvalue weighted by Crippen LogP contribution is -2.14. The quantitative estimate of drug-likeness (QED) is 0.121. The molecule has 0 spiro atoms. The first-order chi connectivity index (χ1) is 20.5. The van der Waals surface area contributed by atoms with Crippen LogP contribution in [0.1, 0.15) is 40.8 Å². The molecule has 1 aliphatic rings. The molecule has 2 aromatic heterocycles. The fourth-order valence-electron chi connectivity index (χ4n) is 5.93. The summed E-state index contributed by atoms with van der Waals surface area (Å²) in [6.07, 6.45) is 5.07. The highest BCUT2D eigenvalue weighted by Gasteiger charge is 2.29. The van der Waals surface area contributed by atoms with E-state index in [-0.39, 0.29) is 19.0 Å². The van der Waals surface area contributed by atoms with Gasteiger partial charge in [0.25, 0.3) is 0 Å². The van der Waals surface area contributed by atoms with E-state index in [0.29, 0.717) is 60.6 Å². The molecule has 0 amide bonds. The highest BCUT2D eigenvalue weighted by Crippen LogP contribution is 2.40. The molecule has 0 saturated carbocycles. The number of fused-ring (bicyclic) bond motifs is 3. The normalized spacial score (nSPS) is 14.0. The summed E-state index contributed by atoms with van der Waals surface area (Å²) >= 11 is 0. The van der Waals surface area contributed by atoms with Crippen LogP contribution >= 0.6 is 0 Å². The number of hydrogen-bond acceptors (Lipinski definition) is 5. The van der Waals surface area contributed by atoms with E-state index >= 15 is 4.39 Å². The Morgan fingerprint density at radius 3 is 2.74 bits per heavy atom. The zero-order valence-corrected chi connectivity index (χ0v) is 24.2. The molecule has 216 valence electrons. The van der Waals surface area contributed by atoms with Gasteiger partial charge in [0.1, 0.15) is 17.3 Å². The third kappa shape index (κ3) is 4.96. The van der Waals surface area contributed by atoms with Gasteiger partial charge in [-0.15, -0.1) is 0 Å². The van der Waals surface area contributed by atoms with Crippen molar-refractivity contribution in [3.8, 4) is 16.9 Å². The number of rotatable bonds is 7. The summed E-state index contributed by atoms with van der Waals surface area (Å²) < 4.78 is 37.2. The first kappa shape index (κ1) is 27.7. The summed E-state index contributed by atoms with van der Waals surface area (Å²) in [4.78, 5) is 13.5. The van der Waals surface area contributed by atoms with E-state index in [9.17, 15) is 4.79 Å². The molecule has 3 aromatic carbocycles. The van der Waals surface area contributed by atoms with Crippen molar-refractivity contribution in [3.63, 3.8) is 0 Å². The van der Waals surface area contributed by atoms with E-state index in [1.165, 1.54) is 6.07 Å². The van der Waals surface area contributed by atoms with Crippen LogP contribution in [0, 0.1) is 12.7 Å². The van der Waals surface area contributed by atoms with Gasteiger partial charge in [0.15, 0.2) is 0 Å². The number of ether oxygens (including phenoxy) is 3. The van der Waals surface area contributed by atoms with Crippen LogP contribution in [-0.2, 0) is 36.1 Å². The zero-order valence-electron chi connectivity index (χ0n) is 24.2. The maximum atomic E-state index is 15.9. The monoisotopic (exact) mass is 567 g/mol. The number of benzene rings is 3. The number of allylic oxidation sites excluding steroid dienone is 1. The summed E-state index contributed by atoms with van der Waals surface area (Å²) in [6, 6.07) is 17.4. The molecule has 8 heteroatoms. The lowest BCUT2D eigenvalue weighted by Gasteiger charge is -2.13. The smallest absolute Gasteiger partial charge is 0.355 e. The van der Waals surface area contributed by atoms with Gasteiger partial charge >= 0.3 is 5.97 Å². The van der Waals surface area contributed by atoms with Crippen molar-refractivity contribution in [3.05, 3.63) is 95.2 Å². The predicted molar refractivity (Wildman–Crippen MR) is 161 cm³/mol. The first-order valence-electron chi connectivity index (χ1n) is 14.4. The fourth-order valence-corrected chi connectivity index (χ4v) is 5.93. The van der Waals surface area contributed by atoms with Gasteiger partial charge in [0.2, 0.25) is 0 Å². The van der Waals surface area contributed by atoms with Crippen molar-refractivity contribution >= 4 is 27.6 Å². The molecule has 6 rings (SSSR count). The summed E-state index contributed by atoms with van der Waals surface area (Å²) in [5.74, 6) is 0.0302. The Balaban J connectivity index is 1.46. The number of aromatic nitrogens is 3. The van der Waals surface area contributed by atoms with Crippen LogP contribution in [0.15, 0.2) is 66.7 Å². The highest BCUT2D eigenvalue weighted by molar-refractivity contribution is 6.05. The van der Waals surface area contributed by atoms with E-state index in [1.807, 2.05) is 55.0 Å². The molecule has 42 heavy (non-hydrogen) atoms. The molecule has 1 aliphatic heterocycles. The second-order valence-corrected chi connectivity index (χ2v) is 10.4. The van der Waals surface area contributed by atoms with Crippen LogP contribution in [0.2, 0.25) is 0 Å². The molecule has 0 fully saturated rings. The second kappa shape index (κ2) is 11.8. The van der Waals surface area contributed by atoms with Gasteiger partial charge in [-0.3, -0.25) is 4.68 Å². The van der Waals surface area contributed by atoms with Crippen molar-refractivity contribution in [1.82, 2.24) is 14.3 Å². The lowest BCUT2D eigenvalue weighted by atomic mass is 9.97. The summed E-state index contributed by atoms with van der Waals surface area (Å²) in [7, 11) is 1.84. The Bertz CT molecular complexity index is 1810. The summed E-state index contributed by atoms with van der Waals surface area (Å²) in [6.45, 7) is 5.41. The van der Waals surface area contributed by atoms with E-state index < -0.39 is 5.97 Å². The molecule has 0 N–H and O–H groups in total. The molecule has 0 radical (unpaired) electrons. The van der Waals surface area contributed by atoms with Crippen molar-refractivity contribution in [2.24, 2.45) is 7.05 Å². The molecule has 0 bridgehead atoms. The average molecular weight is 568 g/mol. The number of hydrogen-bond donors (Lipinski definition) is 0. The minimum atomic E-state index is -0.423. The molecule has 3 heterocycles. The summed E-state index contributed by atoms with van der Waals surface area (Å²) in [5, 5.41) is 7.64. The highest BCUT2D eigenvalue weighted by atomic mass is 19.1. The van der Waals surface area contributed by atoms with Crippen LogP contribution in [0.3, 0.4) is 0 Å². The van der Waals surface area contributed by atoms with Gasteiger partial charge in [-0.1, -0.05) is 48.6 Å². The van der Waals surface area contributed by atoms with Gasteiger partial charge in [-0.05, 0) is 55.8 Å². The molecular formula is C34H34FN3O4. The topological polar surface area (TPSA) is 67.5 Å². The first-order valence-corrected chi connectivity index (χ1v) is 14.4. The van der Waals surface area contributed by atoms with Crippen molar-refractivity contribution in [2.75, 3.05) is 19.8 Å². The SMILES string of the molecule is CCOC(=O)c1c(CCCOc2cccc3ccccc23)c2ccc(F)c3c2n1C/C=C\COCc1nn(C)c(C)c1-3. The van der Waals surface area contributed by atoms with E-state index in [0.717, 1.165) is 33.2 Å². The van der Waals surface area contributed by atoms with Gasteiger partial charge in [-0.2, -0.15) is 5.10 Å². The van der Waals surface area contributed by atoms with E-state index in [1.54, 1.807) is 17.7 Å². The number of carbonyl (C=O) groups is 1. The fraction of sp³-hybridized carbons (Fsp3) is 0.294. The minimum absolute atomic E-state index is 0.237. The third-order valence-electron chi connectivity index (χ3n) is 7.89. The Labute approximate surface area is 244 Å². The Morgan fingerprint density at radius 1 is 1.05 bits per heavy atom. The van der Waals surface area contributed by atoms with Gasteiger partial charge in [0.05, 0.1) is 37.6 Å². The van der Waals surface area contributed by atoms with Crippen molar-refractivity contribution < 1.29 is 23.4 Å². The largest absolute Gasteiger partial charge is 0.493 e. The number of carbonyl (C=O) groups excluding carboxylic acids is 1. The van der Waals surface area contributed by atoms with E-state index in [4.69, 9.17) is 14.2 Å². The molecule has 0 aliphatic carbocycles. The molecular weight excluding hydrogens is 533 g/mol. The van der Waals surface area contributed by atoms with Crippen molar-refractivity contribution in [2.45, 2.75) is 39.8 Å². The predicted octanol–water partition coefficient (Wildman–Crippen LogP) is 6.92. The van der Waals surface area contributed by atoms with E-state index in [2.05, 4.69) is 23.3 Å². The molecule has 0 atom stereocenters. The number of nitrogens with zero attached hydrogens (tertiary/aromatic N) is 3. The number of aryl methyl sites for hydroxylation is 2. The Hall–Kier alpha value is -4.43. The van der Waals surface area contributed by atoms with Crippen molar-refractivity contribution in [1.29, 1.82) is 0 Å². The maximum absolute atomic E-state index is 15.9. The third-order valence-corrected chi connectivity index (χ3v) is 7.89. The molecule has 0 saturated heterocycles. The van der Waals surface area contributed by atoms with Crippen LogP contribution in [-0.4, -0.2) is 40.1 Å².